The Labute approximate surface area is 237 Å². The standard InChI is InChI=1S/C33H18ClN3S2/c34-20-9-5-8-19(18-20)31-35-32(23-12-6-16-27-29(23)21-10-1-3-14-25(21)38-27)37-33(36-31)24-13-7-17-28-30(24)22-11-2-4-15-26(22)39-28/h1-18H. The van der Waals surface area contributed by atoms with Gasteiger partial charge < -0.3 is 0 Å². The summed E-state index contributed by atoms with van der Waals surface area (Å²) >= 11 is 9.98. The second-order valence-corrected chi connectivity index (χ2v) is 12.0. The predicted octanol–water partition coefficient (Wildman–Crippen LogP) is 10.3. The monoisotopic (exact) mass is 555 g/mol. The van der Waals surface area contributed by atoms with Crippen LogP contribution >= 0.6 is 34.3 Å². The second kappa shape index (κ2) is 8.95. The van der Waals surface area contributed by atoms with Gasteiger partial charge >= 0.3 is 0 Å². The molecule has 3 heterocycles. The first-order valence-corrected chi connectivity index (χ1v) is 14.6. The van der Waals surface area contributed by atoms with Gasteiger partial charge in [-0.2, -0.15) is 0 Å². The maximum Gasteiger partial charge on any atom is 0.164 e. The van der Waals surface area contributed by atoms with Crippen molar-refractivity contribution in [1.82, 2.24) is 15.0 Å². The first kappa shape index (κ1) is 22.8. The zero-order valence-electron chi connectivity index (χ0n) is 20.4. The number of hydrogen-bond acceptors (Lipinski definition) is 5. The van der Waals surface area contributed by atoms with Crippen LogP contribution in [0.2, 0.25) is 5.02 Å². The van der Waals surface area contributed by atoms with Gasteiger partial charge in [-0.3, -0.25) is 0 Å². The van der Waals surface area contributed by atoms with Crippen LogP contribution in [0, 0.1) is 0 Å². The van der Waals surface area contributed by atoms with E-state index in [4.69, 9.17) is 26.6 Å². The molecular weight excluding hydrogens is 538 g/mol. The lowest BCUT2D eigenvalue weighted by Crippen LogP contribution is -2.00. The molecule has 0 aliphatic rings. The first-order chi connectivity index (χ1) is 19.2. The van der Waals surface area contributed by atoms with Gasteiger partial charge in [0, 0.05) is 62.1 Å². The van der Waals surface area contributed by atoms with Crippen molar-refractivity contribution in [2.75, 3.05) is 0 Å². The van der Waals surface area contributed by atoms with Gasteiger partial charge in [0.2, 0.25) is 0 Å². The molecule has 8 rings (SSSR count). The Kier molecular flexibility index (Phi) is 5.23. The minimum atomic E-state index is 0.602. The average molecular weight is 556 g/mol. The van der Waals surface area contributed by atoms with Crippen LogP contribution in [0.3, 0.4) is 0 Å². The third kappa shape index (κ3) is 3.73. The Morgan fingerprint density at radius 3 is 1.51 bits per heavy atom. The van der Waals surface area contributed by atoms with E-state index in [9.17, 15) is 0 Å². The number of benzene rings is 5. The fourth-order valence-corrected chi connectivity index (χ4v) is 7.75. The summed E-state index contributed by atoms with van der Waals surface area (Å²) in [7, 11) is 0. The highest BCUT2D eigenvalue weighted by molar-refractivity contribution is 7.26. The molecule has 0 radical (unpaired) electrons. The molecule has 6 heteroatoms. The number of halogens is 1. The van der Waals surface area contributed by atoms with E-state index < -0.39 is 0 Å². The predicted molar refractivity (Wildman–Crippen MR) is 167 cm³/mol. The molecule has 0 atom stereocenters. The van der Waals surface area contributed by atoms with Crippen LogP contribution in [-0.2, 0) is 0 Å². The van der Waals surface area contributed by atoms with Gasteiger partial charge in [-0.15, -0.1) is 22.7 Å². The summed E-state index contributed by atoms with van der Waals surface area (Å²) in [5.74, 6) is 1.91. The van der Waals surface area contributed by atoms with Crippen molar-refractivity contribution in [3.05, 3.63) is 114 Å². The largest absolute Gasteiger partial charge is 0.208 e. The third-order valence-electron chi connectivity index (χ3n) is 7.01. The van der Waals surface area contributed by atoms with Crippen LogP contribution in [0.15, 0.2) is 109 Å². The quantitative estimate of drug-likeness (QED) is 0.217. The zero-order chi connectivity index (χ0) is 25.9. The molecular formula is C33H18ClN3S2. The smallest absolute Gasteiger partial charge is 0.164 e. The van der Waals surface area contributed by atoms with E-state index in [1.165, 1.54) is 40.3 Å². The van der Waals surface area contributed by atoms with Gasteiger partial charge in [-0.25, -0.2) is 15.0 Å². The molecule has 0 spiro atoms. The van der Waals surface area contributed by atoms with Crippen LogP contribution in [0.4, 0.5) is 0 Å². The SMILES string of the molecule is Clc1cccc(-c2nc(-c3cccc4sc5ccccc5c34)nc(-c3cccc4sc5ccccc5c34)n2)c1. The lowest BCUT2D eigenvalue weighted by Gasteiger charge is -2.10. The summed E-state index contributed by atoms with van der Waals surface area (Å²) in [6.45, 7) is 0. The van der Waals surface area contributed by atoms with Crippen molar-refractivity contribution >= 4 is 74.6 Å². The maximum absolute atomic E-state index is 6.40. The molecule has 0 bridgehead atoms. The number of aromatic nitrogens is 3. The highest BCUT2D eigenvalue weighted by atomic mass is 35.5. The first-order valence-electron chi connectivity index (χ1n) is 12.6. The normalized spacial score (nSPS) is 11.7. The summed E-state index contributed by atoms with van der Waals surface area (Å²) in [5.41, 5.74) is 2.86. The van der Waals surface area contributed by atoms with Gasteiger partial charge in [0.25, 0.3) is 0 Å². The highest BCUT2D eigenvalue weighted by Gasteiger charge is 2.19. The van der Waals surface area contributed by atoms with Gasteiger partial charge in [0.15, 0.2) is 17.5 Å². The van der Waals surface area contributed by atoms with Crippen LogP contribution in [0.25, 0.3) is 74.5 Å². The Morgan fingerprint density at radius 2 is 0.949 bits per heavy atom. The lowest BCUT2D eigenvalue weighted by atomic mass is 10.0. The molecule has 184 valence electrons. The molecule has 0 saturated heterocycles. The number of rotatable bonds is 3. The summed E-state index contributed by atoms with van der Waals surface area (Å²) in [4.78, 5) is 15.2. The van der Waals surface area contributed by atoms with Crippen molar-refractivity contribution < 1.29 is 0 Å². The molecule has 0 unspecified atom stereocenters. The van der Waals surface area contributed by atoms with E-state index in [1.54, 1.807) is 22.7 Å². The van der Waals surface area contributed by atoms with Crippen LogP contribution in [0.5, 0.6) is 0 Å². The molecule has 8 aromatic rings. The lowest BCUT2D eigenvalue weighted by molar-refractivity contribution is 1.08. The molecule has 39 heavy (non-hydrogen) atoms. The van der Waals surface area contributed by atoms with E-state index in [0.717, 1.165) is 16.7 Å². The molecule has 0 aliphatic carbocycles. The molecule has 0 fully saturated rings. The number of hydrogen-bond donors (Lipinski definition) is 0. The molecule has 3 nitrogen and oxygen atoms in total. The molecule has 3 aromatic heterocycles. The summed E-state index contributed by atoms with van der Waals surface area (Å²) < 4.78 is 4.93. The van der Waals surface area contributed by atoms with Crippen LogP contribution < -0.4 is 0 Å². The Morgan fingerprint density at radius 1 is 0.462 bits per heavy atom. The third-order valence-corrected chi connectivity index (χ3v) is 9.51. The topological polar surface area (TPSA) is 38.7 Å². The van der Waals surface area contributed by atoms with Crippen molar-refractivity contribution in [3.8, 4) is 34.2 Å². The van der Waals surface area contributed by atoms with E-state index >= 15 is 0 Å². The van der Waals surface area contributed by atoms with Crippen molar-refractivity contribution in [2.24, 2.45) is 0 Å². The number of nitrogens with zero attached hydrogens (tertiary/aromatic N) is 3. The van der Waals surface area contributed by atoms with Gasteiger partial charge in [0.1, 0.15) is 0 Å². The van der Waals surface area contributed by atoms with E-state index in [2.05, 4.69) is 84.9 Å². The maximum atomic E-state index is 6.40. The Bertz CT molecular complexity index is 2080. The van der Waals surface area contributed by atoms with Crippen LogP contribution in [0.1, 0.15) is 0 Å². The number of thiophene rings is 2. The minimum absolute atomic E-state index is 0.602. The highest BCUT2D eigenvalue weighted by Crippen LogP contribution is 2.42. The van der Waals surface area contributed by atoms with E-state index in [1.807, 2.05) is 24.3 Å². The summed E-state index contributed by atoms with van der Waals surface area (Å²) in [6, 6.07) is 37.5. The fourth-order valence-electron chi connectivity index (χ4n) is 5.30. The van der Waals surface area contributed by atoms with Crippen molar-refractivity contribution in [3.63, 3.8) is 0 Å². The van der Waals surface area contributed by atoms with Crippen molar-refractivity contribution in [1.29, 1.82) is 0 Å². The van der Waals surface area contributed by atoms with Gasteiger partial charge in [-0.1, -0.05) is 84.4 Å². The molecule has 0 N–H and O–H groups in total. The van der Waals surface area contributed by atoms with Crippen LogP contribution in [-0.4, -0.2) is 15.0 Å². The van der Waals surface area contributed by atoms with Gasteiger partial charge in [-0.05, 0) is 36.4 Å². The average Bonchev–Trinajstić information content (AvgIpc) is 3.55. The molecule has 0 aliphatic heterocycles. The molecule has 0 saturated carbocycles. The Balaban J connectivity index is 1.46. The van der Waals surface area contributed by atoms with Gasteiger partial charge in [0.05, 0.1) is 0 Å². The minimum Gasteiger partial charge on any atom is -0.208 e. The second-order valence-electron chi connectivity index (χ2n) is 9.37. The molecule has 0 amide bonds. The Hall–Kier alpha value is -4.16. The molecule has 5 aromatic carbocycles. The van der Waals surface area contributed by atoms with Crippen molar-refractivity contribution in [2.45, 2.75) is 0 Å². The van der Waals surface area contributed by atoms with E-state index in [0.29, 0.717) is 22.5 Å². The fraction of sp³-hybridized carbons (Fsp3) is 0. The number of fused-ring (bicyclic) bond motifs is 6. The summed E-state index contributed by atoms with van der Waals surface area (Å²) in [6.07, 6.45) is 0. The van der Waals surface area contributed by atoms with E-state index in [-0.39, 0.29) is 0 Å². The zero-order valence-corrected chi connectivity index (χ0v) is 22.8. The summed E-state index contributed by atoms with van der Waals surface area (Å²) in [5, 5.41) is 5.42.